The van der Waals surface area contributed by atoms with Crippen molar-refractivity contribution < 1.29 is 0 Å². The second-order valence-corrected chi connectivity index (χ2v) is 7.30. The van der Waals surface area contributed by atoms with Gasteiger partial charge < -0.3 is 0 Å². The van der Waals surface area contributed by atoms with Gasteiger partial charge in [-0.2, -0.15) is 0 Å². The standard InChI is InChI=1S/C13H24IN3/c1-2-15-9-13-7-12(15)10-16(13)8-11-3-5-17(14)6-4-11/h11-13H,2-10H2,1H3/t12-,13-/m0/s1. The van der Waals surface area contributed by atoms with Crippen molar-refractivity contribution in [2.24, 2.45) is 5.92 Å². The lowest BCUT2D eigenvalue weighted by atomic mass is 9.97. The second kappa shape index (κ2) is 5.31. The van der Waals surface area contributed by atoms with Gasteiger partial charge >= 0.3 is 0 Å². The van der Waals surface area contributed by atoms with E-state index in [1.165, 1.54) is 58.5 Å². The van der Waals surface area contributed by atoms with Gasteiger partial charge in [-0.25, -0.2) is 3.11 Å². The van der Waals surface area contributed by atoms with Crippen molar-refractivity contribution in [3.63, 3.8) is 0 Å². The Balaban J connectivity index is 1.48. The lowest BCUT2D eigenvalue weighted by Gasteiger charge is -2.37. The first-order valence-electron chi connectivity index (χ1n) is 7.15. The zero-order valence-electron chi connectivity index (χ0n) is 10.8. The second-order valence-electron chi connectivity index (χ2n) is 5.94. The predicted molar refractivity (Wildman–Crippen MR) is 79.3 cm³/mol. The van der Waals surface area contributed by atoms with Crippen LogP contribution in [0.4, 0.5) is 0 Å². The molecule has 3 fully saturated rings. The Kier molecular flexibility index (Phi) is 3.95. The normalized spacial score (nSPS) is 37.1. The minimum Gasteiger partial charge on any atom is -0.298 e. The van der Waals surface area contributed by atoms with Crippen molar-refractivity contribution in [2.75, 3.05) is 39.3 Å². The van der Waals surface area contributed by atoms with E-state index in [2.05, 4.69) is 42.7 Å². The predicted octanol–water partition coefficient (Wildman–Crippen LogP) is 1.83. The van der Waals surface area contributed by atoms with Gasteiger partial charge in [-0.15, -0.1) is 0 Å². The third-order valence-corrected chi connectivity index (χ3v) is 5.89. The fourth-order valence-electron chi connectivity index (χ4n) is 3.86. The molecule has 4 heteroatoms. The minimum absolute atomic E-state index is 0.884. The number of nitrogens with zero attached hydrogens (tertiary/aromatic N) is 3. The molecular weight excluding hydrogens is 325 g/mol. The molecule has 2 bridgehead atoms. The smallest absolute Gasteiger partial charge is 0.0239 e. The van der Waals surface area contributed by atoms with Crippen LogP contribution in [0.25, 0.3) is 0 Å². The van der Waals surface area contributed by atoms with E-state index in [9.17, 15) is 0 Å². The molecule has 0 saturated carbocycles. The Morgan fingerprint density at radius 1 is 1.06 bits per heavy atom. The molecule has 0 aromatic rings. The van der Waals surface area contributed by atoms with E-state index in [-0.39, 0.29) is 0 Å². The lowest BCUT2D eigenvalue weighted by molar-refractivity contribution is 0.107. The van der Waals surface area contributed by atoms with Crippen LogP contribution in [0.3, 0.4) is 0 Å². The highest BCUT2D eigenvalue weighted by Gasteiger charge is 2.42. The van der Waals surface area contributed by atoms with Crippen molar-refractivity contribution in [1.82, 2.24) is 12.9 Å². The first kappa shape index (κ1) is 12.6. The van der Waals surface area contributed by atoms with Gasteiger partial charge in [0.1, 0.15) is 0 Å². The summed E-state index contributed by atoms with van der Waals surface area (Å²) in [6.45, 7) is 10.2. The van der Waals surface area contributed by atoms with E-state index in [0.717, 1.165) is 18.0 Å². The molecule has 3 nitrogen and oxygen atoms in total. The number of fused-ring (bicyclic) bond motifs is 2. The topological polar surface area (TPSA) is 9.72 Å². The van der Waals surface area contributed by atoms with Gasteiger partial charge in [-0.1, -0.05) is 6.92 Å². The number of halogens is 1. The molecule has 0 unspecified atom stereocenters. The zero-order valence-corrected chi connectivity index (χ0v) is 13.0. The Labute approximate surface area is 119 Å². The molecule has 0 spiro atoms. The number of likely N-dealkylation sites (N-methyl/N-ethyl adjacent to an activating group) is 1. The maximum atomic E-state index is 2.80. The van der Waals surface area contributed by atoms with Crippen LogP contribution in [-0.2, 0) is 0 Å². The summed E-state index contributed by atoms with van der Waals surface area (Å²) in [6.07, 6.45) is 4.27. The van der Waals surface area contributed by atoms with Crippen molar-refractivity contribution in [1.29, 1.82) is 0 Å². The van der Waals surface area contributed by atoms with Gasteiger partial charge in [-0.05, 0) is 31.7 Å². The van der Waals surface area contributed by atoms with Crippen LogP contribution in [0.5, 0.6) is 0 Å². The summed E-state index contributed by atoms with van der Waals surface area (Å²) in [7, 11) is 0. The van der Waals surface area contributed by atoms with E-state index in [1.54, 1.807) is 0 Å². The number of likely N-dealkylation sites (tertiary alicyclic amines) is 2. The number of hydrogen-bond donors (Lipinski definition) is 0. The maximum Gasteiger partial charge on any atom is 0.0239 e. The molecule has 0 N–H and O–H groups in total. The molecule has 3 aliphatic heterocycles. The van der Waals surface area contributed by atoms with Gasteiger partial charge in [0.2, 0.25) is 0 Å². The fraction of sp³-hybridized carbons (Fsp3) is 1.00. The molecule has 0 aromatic carbocycles. The maximum absolute atomic E-state index is 2.80. The molecule has 0 radical (unpaired) electrons. The summed E-state index contributed by atoms with van der Waals surface area (Å²) in [5.41, 5.74) is 0. The summed E-state index contributed by atoms with van der Waals surface area (Å²) < 4.78 is 2.45. The van der Waals surface area contributed by atoms with Crippen LogP contribution in [0.1, 0.15) is 26.2 Å². The van der Waals surface area contributed by atoms with E-state index < -0.39 is 0 Å². The summed E-state index contributed by atoms with van der Waals surface area (Å²) in [5.74, 6) is 0.968. The van der Waals surface area contributed by atoms with E-state index >= 15 is 0 Å². The molecule has 17 heavy (non-hydrogen) atoms. The summed E-state index contributed by atoms with van der Waals surface area (Å²) in [6, 6.07) is 1.77. The quantitative estimate of drug-likeness (QED) is 0.569. The molecule has 3 rings (SSSR count). The van der Waals surface area contributed by atoms with Crippen LogP contribution in [-0.4, -0.2) is 64.3 Å². The van der Waals surface area contributed by atoms with Crippen LogP contribution in [0.15, 0.2) is 0 Å². The molecule has 0 amide bonds. The van der Waals surface area contributed by atoms with Gasteiger partial charge in [0.25, 0.3) is 0 Å². The molecule has 98 valence electrons. The van der Waals surface area contributed by atoms with Crippen LogP contribution in [0.2, 0.25) is 0 Å². The number of hydrogen-bond acceptors (Lipinski definition) is 3. The summed E-state index contributed by atoms with van der Waals surface area (Å²) in [4.78, 5) is 5.47. The van der Waals surface area contributed by atoms with Gasteiger partial charge in [0.05, 0.1) is 0 Å². The number of piperidine rings is 1. The highest BCUT2D eigenvalue weighted by atomic mass is 127. The largest absolute Gasteiger partial charge is 0.298 e. The fourth-order valence-corrected chi connectivity index (χ4v) is 4.42. The third kappa shape index (κ3) is 2.65. The van der Waals surface area contributed by atoms with Crippen molar-refractivity contribution in [3.8, 4) is 0 Å². The SMILES string of the molecule is CCN1C[C@@H]2C[C@H]1CN2CC1CCN(I)CC1. The van der Waals surface area contributed by atoms with Crippen LogP contribution in [0, 0.1) is 5.92 Å². The highest BCUT2D eigenvalue weighted by molar-refractivity contribution is 14.1. The lowest BCUT2D eigenvalue weighted by Crippen LogP contribution is -2.48. The minimum atomic E-state index is 0.884. The highest BCUT2D eigenvalue weighted by Crippen LogP contribution is 2.32. The number of piperazine rings is 1. The average Bonchev–Trinajstić information content (AvgIpc) is 2.91. The molecule has 3 saturated heterocycles. The number of rotatable bonds is 3. The van der Waals surface area contributed by atoms with Crippen molar-refractivity contribution in [2.45, 2.75) is 38.3 Å². The monoisotopic (exact) mass is 349 g/mol. The molecule has 2 atom stereocenters. The van der Waals surface area contributed by atoms with E-state index in [1.807, 2.05) is 0 Å². The van der Waals surface area contributed by atoms with Crippen LogP contribution >= 0.6 is 22.9 Å². The molecule has 0 aromatic heterocycles. The van der Waals surface area contributed by atoms with Crippen LogP contribution < -0.4 is 0 Å². The third-order valence-electron chi connectivity index (χ3n) is 4.93. The van der Waals surface area contributed by atoms with Gasteiger partial charge in [0.15, 0.2) is 0 Å². The Hall–Kier alpha value is 0.610. The molecular formula is C13H24IN3. The molecule has 0 aliphatic carbocycles. The Morgan fingerprint density at radius 3 is 2.29 bits per heavy atom. The first-order chi connectivity index (χ1) is 8.26. The zero-order chi connectivity index (χ0) is 11.8. The van der Waals surface area contributed by atoms with E-state index in [0.29, 0.717) is 0 Å². The Morgan fingerprint density at radius 2 is 1.71 bits per heavy atom. The van der Waals surface area contributed by atoms with Crippen molar-refractivity contribution >= 4 is 22.9 Å². The average molecular weight is 349 g/mol. The Bertz CT molecular complexity index is 265. The molecule has 3 aliphatic rings. The van der Waals surface area contributed by atoms with Crippen molar-refractivity contribution in [3.05, 3.63) is 0 Å². The summed E-state index contributed by atoms with van der Waals surface area (Å²) in [5, 5.41) is 0. The van der Waals surface area contributed by atoms with E-state index in [4.69, 9.17) is 0 Å². The molecule has 3 heterocycles. The van der Waals surface area contributed by atoms with Gasteiger partial charge in [0, 0.05) is 67.7 Å². The summed E-state index contributed by atoms with van der Waals surface area (Å²) >= 11 is 2.47. The van der Waals surface area contributed by atoms with Gasteiger partial charge in [-0.3, -0.25) is 9.80 Å². The first-order valence-corrected chi connectivity index (χ1v) is 8.11.